The van der Waals surface area contributed by atoms with Crippen LogP contribution in [0.25, 0.3) is 0 Å². The number of unbranched alkanes of at least 4 members (excludes halogenated alkanes) is 5. The number of hydrogen-bond acceptors (Lipinski definition) is 1. The van der Waals surface area contributed by atoms with E-state index in [2.05, 4.69) is 69.1 Å². The van der Waals surface area contributed by atoms with E-state index in [9.17, 15) is 0 Å². The first-order chi connectivity index (χ1) is 12.7. The van der Waals surface area contributed by atoms with Crippen LogP contribution < -0.4 is 0 Å². The third-order valence-corrected chi connectivity index (χ3v) is 7.56. The molecule has 1 nitrogen and oxygen atoms in total. The van der Waals surface area contributed by atoms with Gasteiger partial charge in [0.1, 0.15) is 0 Å². The number of benzene rings is 2. The smallest absolute Gasteiger partial charge is 0.0991 e. The van der Waals surface area contributed by atoms with Crippen molar-refractivity contribution in [2.75, 3.05) is 0 Å². The molecule has 0 fully saturated rings. The molecule has 0 N–H and O–H groups in total. The minimum Gasteiger partial charge on any atom is -0.192 e. The first kappa shape index (κ1) is 21.2. The quantitative estimate of drug-likeness (QED) is 0.251. The van der Waals surface area contributed by atoms with Gasteiger partial charge in [-0.2, -0.15) is 5.26 Å². The molecule has 0 radical (unpaired) electrons. The Balaban J connectivity index is 1.87. The van der Waals surface area contributed by atoms with Crippen LogP contribution in [-0.4, -0.2) is 0 Å². The Labute approximate surface area is 175 Å². The summed E-state index contributed by atoms with van der Waals surface area (Å²) < 4.78 is 0. The van der Waals surface area contributed by atoms with Crippen molar-refractivity contribution in [2.45, 2.75) is 61.5 Å². The first-order valence-corrected chi connectivity index (χ1v) is 11.4. The summed E-state index contributed by atoms with van der Waals surface area (Å²) in [7, 11) is 0. The first-order valence-electron chi connectivity index (χ1n) is 9.52. The van der Waals surface area contributed by atoms with Gasteiger partial charge in [-0.05, 0) is 41.7 Å². The Kier molecular flexibility index (Phi) is 9.43. The molecule has 3 heteroatoms. The molecular formula is C23H27Br2N. The minimum absolute atomic E-state index is 0.166. The molecule has 0 amide bonds. The summed E-state index contributed by atoms with van der Waals surface area (Å²) in [5.41, 5.74) is 4.55. The standard InChI is InChI=1S/C23H27Br2N/c1-2-3-4-5-6-7-8-18-9-13-20(14-10-18)22(24)23(25)21-15-11-19(17-26)12-16-21/h9-16,22-23H,2-8H2,1H3. The van der Waals surface area contributed by atoms with E-state index in [4.69, 9.17) is 5.26 Å². The van der Waals surface area contributed by atoms with Crippen LogP contribution in [0.4, 0.5) is 0 Å². The Morgan fingerprint density at radius 2 is 1.27 bits per heavy atom. The SMILES string of the molecule is CCCCCCCCc1ccc(C(Br)C(Br)c2ccc(C#N)cc2)cc1. The number of rotatable bonds is 10. The number of aryl methyl sites for hydroxylation is 1. The summed E-state index contributed by atoms with van der Waals surface area (Å²) in [6.45, 7) is 2.26. The second-order valence-corrected chi connectivity index (χ2v) is 8.77. The van der Waals surface area contributed by atoms with Crippen molar-refractivity contribution in [1.82, 2.24) is 0 Å². The van der Waals surface area contributed by atoms with Gasteiger partial charge in [0.05, 0.1) is 21.3 Å². The molecule has 0 bridgehead atoms. The molecule has 2 aromatic carbocycles. The van der Waals surface area contributed by atoms with Gasteiger partial charge in [-0.1, -0.05) is 107 Å². The maximum absolute atomic E-state index is 8.92. The molecule has 2 rings (SSSR count). The van der Waals surface area contributed by atoms with E-state index in [0.717, 1.165) is 0 Å². The van der Waals surface area contributed by atoms with E-state index in [1.807, 2.05) is 24.3 Å². The second kappa shape index (κ2) is 11.6. The molecule has 138 valence electrons. The normalized spacial score (nSPS) is 13.2. The Bertz CT molecular complexity index is 686. The average molecular weight is 477 g/mol. The Morgan fingerprint density at radius 1 is 0.769 bits per heavy atom. The van der Waals surface area contributed by atoms with Gasteiger partial charge in [-0.3, -0.25) is 0 Å². The van der Waals surface area contributed by atoms with Crippen molar-refractivity contribution in [3.05, 3.63) is 70.8 Å². The van der Waals surface area contributed by atoms with Crippen LogP contribution in [0.1, 0.15) is 77.4 Å². The van der Waals surface area contributed by atoms with Gasteiger partial charge < -0.3 is 0 Å². The van der Waals surface area contributed by atoms with Gasteiger partial charge in [0.2, 0.25) is 0 Å². The summed E-state index contributed by atoms with van der Waals surface area (Å²) in [4.78, 5) is 0.359. The molecule has 0 aliphatic rings. The van der Waals surface area contributed by atoms with Crippen LogP contribution >= 0.6 is 31.9 Å². The fourth-order valence-corrected chi connectivity index (χ4v) is 4.28. The van der Waals surface area contributed by atoms with Crippen LogP contribution in [0.2, 0.25) is 0 Å². The highest BCUT2D eigenvalue weighted by molar-refractivity contribution is 9.12. The van der Waals surface area contributed by atoms with E-state index in [0.29, 0.717) is 5.56 Å². The highest BCUT2D eigenvalue weighted by Crippen LogP contribution is 2.42. The van der Waals surface area contributed by atoms with Crippen LogP contribution in [0, 0.1) is 11.3 Å². The van der Waals surface area contributed by atoms with Crippen molar-refractivity contribution in [3.8, 4) is 6.07 Å². The molecule has 0 spiro atoms. The highest BCUT2D eigenvalue weighted by Gasteiger charge is 2.19. The van der Waals surface area contributed by atoms with Crippen molar-refractivity contribution >= 4 is 31.9 Å². The summed E-state index contributed by atoms with van der Waals surface area (Å²) >= 11 is 7.62. The van der Waals surface area contributed by atoms with Gasteiger partial charge in [-0.25, -0.2) is 0 Å². The highest BCUT2D eigenvalue weighted by atomic mass is 79.9. The molecule has 0 saturated carbocycles. The van der Waals surface area contributed by atoms with Gasteiger partial charge >= 0.3 is 0 Å². The van der Waals surface area contributed by atoms with E-state index in [1.165, 1.54) is 61.6 Å². The molecule has 2 aromatic rings. The van der Waals surface area contributed by atoms with Crippen LogP contribution in [0.15, 0.2) is 48.5 Å². The van der Waals surface area contributed by atoms with Crippen LogP contribution in [0.3, 0.4) is 0 Å². The van der Waals surface area contributed by atoms with Gasteiger partial charge in [0, 0.05) is 0 Å². The van der Waals surface area contributed by atoms with Crippen LogP contribution in [-0.2, 0) is 6.42 Å². The zero-order valence-electron chi connectivity index (χ0n) is 15.4. The summed E-state index contributed by atoms with van der Waals surface area (Å²) in [6, 6.07) is 18.9. The number of nitriles is 1. The molecule has 26 heavy (non-hydrogen) atoms. The average Bonchev–Trinajstić information content (AvgIpc) is 2.70. The van der Waals surface area contributed by atoms with Crippen molar-refractivity contribution in [2.24, 2.45) is 0 Å². The third kappa shape index (κ3) is 6.56. The molecule has 0 aliphatic heterocycles. The predicted molar refractivity (Wildman–Crippen MR) is 118 cm³/mol. The Morgan fingerprint density at radius 3 is 1.81 bits per heavy atom. The zero-order valence-corrected chi connectivity index (χ0v) is 18.6. The molecular weight excluding hydrogens is 450 g/mol. The van der Waals surface area contributed by atoms with E-state index in [1.54, 1.807) is 0 Å². The lowest BCUT2D eigenvalue weighted by Gasteiger charge is -2.18. The van der Waals surface area contributed by atoms with Gasteiger partial charge in [-0.15, -0.1) is 0 Å². The molecule has 0 heterocycles. The summed E-state index contributed by atoms with van der Waals surface area (Å²) in [5, 5.41) is 8.92. The number of halogens is 2. The monoisotopic (exact) mass is 475 g/mol. The zero-order chi connectivity index (χ0) is 18.8. The van der Waals surface area contributed by atoms with E-state index in [-0.39, 0.29) is 9.65 Å². The van der Waals surface area contributed by atoms with Crippen LogP contribution in [0.5, 0.6) is 0 Å². The lowest BCUT2D eigenvalue weighted by atomic mass is 10.00. The molecule has 0 aromatic heterocycles. The number of alkyl halides is 2. The van der Waals surface area contributed by atoms with Gasteiger partial charge in [0.15, 0.2) is 0 Å². The van der Waals surface area contributed by atoms with Crippen molar-refractivity contribution in [1.29, 1.82) is 5.26 Å². The van der Waals surface area contributed by atoms with Gasteiger partial charge in [0.25, 0.3) is 0 Å². The topological polar surface area (TPSA) is 23.8 Å². The van der Waals surface area contributed by atoms with Crippen molar-refractivity contribution < 1.29 is 0 Å². The summed E-state index contributed by atoms with van der Waals surface area (Å²) in [5.74, 6) is 0. The van der Waals surface area contributed by atoms with Crippen molar-refractivity contribution in [3.63, 3.8) is 0 Å². The predicted octanol–water partition coefficient (Wildman–Crippen LogP) is 8.03. The summed E-state index contributed by atoms with van der Waals surface area (Å²) in [6.07, 6.45) is 9.22. The second-order valence-electron chi connectivity index (χ2n) is 6.80. The molecule has 0 aliphatic carbocycles. The molecule has 0 saturated heterocycles. The fourth-order valence-electron chi connectivity index (χ4n) is 3.06. The molecule has 2 unspecified atom stereocenters. The third-order valence-electron chi connectivity index (χ3n) is 4.73. The lowest BCUT2D eigenvalue weighted by Crippen LogP contribution is -2.00. The van der Waals surface area contributed by atoms with E-state index < -0.39 is 0 Å². The lowest BCUT2D eigenvalue weighted by molar-refractivity contribution is 0.607. The number of hydrogen-bond donors (Lipinski definition) is 0. The minimum atomic E-state index is 0.166. The Hall–Kier alpha value is -1.11. The van der Waals surface area contributed by atoms with E-state index >= 15 is 0 Å². The molecule has 2 atom stereocenters. The largest absolute Gasteiger partial charge is 0.192 e. The number of nitrogens with zero attached hydrogens (tertiary/aromatic N) is 1. The fraction of sp³-hybridized carbons (Fsp3) is 0.435. The maximum Gasteiger partial charge on any atom is 0.0991 e. The maximum atomic E-state index is 8.92.